The summed E-state index contributed by atoms with van der Waals surface area (Å²) < 4.78 is 16.5. The Labute approximate surface area is 141 Å². The van der Waals surface area contributed by atoms with Gasteiger partial charge in [0.1, 0.15) is 0 Å². The van der Waals surface area contributed by atoms with Crippen LogP contribution in [-0.4, -0.2) is 64.7 Å². The zero-order valence-corrected chi connectivity index (χ0v) is 14.9. The molecule has 6 heteroatoms. The van der Waals surface area contributed by atoms with Crippen LogP contribution >= 0.6 is 0 Å². The van der Waals surface area contributed by atoms with Crippen LogP contribution in [0.25, 0.3) is 0 Å². The number of aliphatic imine (C=N–C) groups is 1. The molecule has 6 nitrogen and oxygen atoms in total. The molecule has 1 unspecified atom stereocenters. The van der Waals surface area contributed by atoms with Gasteiger partial charge in [0.05, 0.1) is 12.7 Å². The Kier molecular flexibility index (Phi) is 12.9. The Balaban J connectivity index is 2.01. The third-order valence-electron chi connectivity index (χ3n) is 3.60. The molecule has 1 aliphatic rings. The van der Waals surface area contributed by atoms with Crippen LogP contribution in [0.15, 0.2) is 4.99 Å². The maximum atomic E-state index is 5.65. The average molecular weight is 329 g/mol. The SMILES string of the molecule is CCNC(=NCCCOCC1CCCO1)NCCCCOCC. The van der Waals surface area contributed by atoms with Crippen LogP contribution in [-0.2, 0) is 14.2 Å². The lowest BCUT2D eigenvalue weighted by molar-refractivity contribution is 0.0171. The van der Waals surface area contributed by atoms with Crippen LogP contribution in [0.2, 0.25) is 0 Å². The summed E-state index contributed by atoms with van der Waals surface area (Å²) in [5.74, 6) is 0.892. The first-order valence-corrected chi connectivity index (χ1v) is 9.16. The summed E-state index contributed by atoms with van der Waals surface area (Å²) in [6.45, 7) is 10.7. The van der Waals surface area contributed by atoms with Crippen molar-refractivity contribution in [3.63, 3.8) is 0 Å². The number of nitrogens with zero attached hydrogens (tertiary/aromatic N) is 1. The van der Waals surface area contributed by atoms with Gasteiger partial charge in [0.15, 0.2) is 5.96 Å². The highest BCUT2D eigenvalue weighted by atomic mass is 16.5. The van der Waals surface area contributed by atoms with Gasteiger partial charge in [-0.2, -0.15) is 0 Å². The van der Waals surface area contributed by atoms with Gasteiger partial charge in [-0.1, -0.05) is 0 Å². The zero-order chi connectivity index (χ0) is 16.6. The minimum Gasteiger partial charge on any atom is -0.382 e. The molecule has 0 radical (unpaired) electrons. The first-order chi connectivity index (χ1) is 11.4. The van der Waals surface area contributed by atoms with Gasteiger partial charge in [-0.05, 0) is 46.0 Å². The fourth-order valence-corrected chi connectivity index (χ4v) is 2.37. The summed E-state index contributed by atoms with van der Waals surface area (Å²) in [7, 11) is 0. The maximum absolute atomic E-state index is 5.65. The molecule has 2 N–H and O–H groups in total. The minimum absolute atomic E-state index is 0.314. The fourth-order valence-electron chi connectivity index (χ4n) is 2.37. The maximum Gasteiger partial charge on any atom is 0.191 e. The highest BCUT2D eigenvalue weighted by molar-refractivity contribution is 5.79. The van der Waals surface area contributed by atoms with Gasteiger partial charge in [0, 0.05) is 46.1 Å². The lowest BCUT2D eigenvalue weighted by Crippen LogP contribution is -2.38. The molecule has 136 valence electrons. The molecule has 1 atom stereocenters. The molecule has 0 aromatic carbocycles. The number of rotatable bonds is 13. The van der Waals surface area contributed by atoms with E-state index in [1.165, 1.54) is 6.42 Å². The molecule has 1 aliphatic heterocycles. The second-order valence-corrected chi connectivity index (χ2v) is 5.65. The Hall–Kier alpha value is -0.850. The summed E-state index contributed by atoms with van der Waals surface area (Å²) in [4.78, 5) is 4.57. The zero-order valence-electron chi connectivity index (χ0n) is 14.9. The predicted octanol–water partition coefficient (Wildman–Crippen LogP) is 1.94. The van der Waals surface area contributed by atoms with Crippen molar-refractivity contribution in [2.24, 2.45) is 4.99 Å². The second kappa shape index (κ2) is 14.7. The summed E-state index contributed by atoms with van der Waals surface area (Å²) in [6, 6.07) is 0. The van der Waals surface area contributed by atoms with Crippen LogP contribution in [0, 0.1) is 0 Å². The van der Waals surface area contributed by atoms with E-state index in [4.69, 9.17) is 14.2 Å². The molecule has 0 aliphatic carbocycles. The Bertz CT molecular complexity index is 295. The van der Waals surface area contributed by atoms with E-state index in [9.17, 15) is 0 Å². The van der Waals surface area contributed by atoms with E-state index in [0.29, 0.717) is 6.10 Å². The number of ether oxygens (including phenoxy) is 3. The molecular weight excluding hydrogens is 294 g/mol. The Morgan fingerprint density at radius 1 is 1.13 bits per heavy atom. The first-order valence-electron chi connectivity index (χ1n) is 9.16. The molecule has 1 saturated heterocycles. The van der Waals surface area contributed by atoms with E-state index < -0.39 is 0 Å². The third-order valence-corrected chi connectivity index (χ3v) is 3.60. The molecule has 1 heterocycles. The van der Waals surface area contributed by atoms with Gasteiger partial charge >= 0.3 is 0 Å². The van der Waals surface area contributed by atoms with Gasteiger partial charge < -0.3 is 24.8 Å². The van der Waals surface area contributed by atoms with Gasteiger partial charge in [-0.3, -0.25) is 4.99 Å². The van der Waals surface area contributed by atoms with Gasteiger partial charge in [-0.25, -0.2) is 0 Å². The largest absolute Gasteiger partial charge is 0.382 e. The van der Waals surface area contributed by atoms with E-state index in [-0.39, 0.29) is 0 Å². The summed E-state index contributed by atoms with van der Waals surface area (Å²) >= 11 is 0. The quantitative estimate of drug-likeness (QED) is 0.307. The number of unbranched alkanes of at least 4 members (excludes halogenated alkanes) is 1. The normalized spacial score (nSPS) is 18.3. The molecule has 1 rings (SSSR count). The lowest BCUT2D eigenvalue weighted by Gasteiger charge is -2.12. The van der Waals surface area contributed by atoms with Crippen LogP contribution < -0.4 is 10.6 Å². The molecule has 0 aromatic rings. The molecule has 0 saturated carbocycles. The molecule has 23 heavy (non-hydrogen) atoms. The number of hydrogen-bond acceptors (Lipinski definition) is 4. The highest BCUT2D eigenvalue weighted by Gasteiger charge is 2.14. The van der Waals surface area contributed by atoms with E-state index in [1.54, 1.807) is 0 Å². The fraction of sp³-hybridized carbons (Fsp3) is 0.941. The van der Waals surface area contributed by atoms with E-state index >= 15 is 0 Å². The average Bonchev–Trinajstić information content (AvgIpc) is 3.07. The van der Waals surface area contributed by atoms with Crippen molar-refractivity contribution in [3.05, 3.63) is 0 Å². The first kappa shape index (κ1) is 20.2. The summed E-state index contributed by atoms with van der Waals surface area (Å²) in [5.41, 5.74) is 0. The van der Waals surface area contributed by atoms with Gasteiger partial charge in [0.25, 0.3) is 0 Å². The smallest absolute Gasteiger partial charge is 0.191 e. The van der Waals surface area contributed by atoms with Crippen LogP contribution in [0.4, 0.5) is 0 Å². The Morgan fingerprint density at radius 3 is 2.74 bits per heavy atom. The lowest BCUT2D eigenvalue weighted by atomic mass is 10.2. The van der Waals surface area contributed by atoms with Crippen molar-refractivity contribution in [1.82, 2.24) is 10.6 Å². The molecule has 0 aromatic heterocycles. The predicted molar refractivity (Wildman–Crippen MR) is 94.1 cm³/mol. The molecule has 0 bridgehead atoms. The summed E-state index contributed by atoms with van der Waals surface area (Å²) in [6.07, 6.45) is 5.73. The van der Waals surface area contributed by atoms with Gasteiger partial charge in [-0.15, -0.1) is 0 Å². The Morgan fingerprint density at radius 2 is 2.00 bits per heavy atom. The van der Waals surface area contributed by atoms with E-state index in [0.717, 1.165) is 84.3 Å². The molecule has 1 fully saturated rings. The van der Waals surface area contributed by atoms with Crippen LogP contribution in [0.3, 0.4) is 0 Å². The standard InChI is InChI=1S/C17H35N3O3/c1-3-18-17(19-10-5-6-12-21-4-2)20-11-8-13-22-15-16-9-7-14-23-16/h16H,3-15H2,1-2H3,(H2,18,19,20). The molecular formula is C17H35N3O3. The minimum atomic E-state index is 0.314. The van der Waals surface area contributed by atoms with Crippen LogP contribution in [0.1, 0.15) is 46.0 Å². The number of nitrogens with one attached hydrogen (secondary N) is 2. The third kappa shape index (κ3) is 11.3. The number of guanidine groups is 1. The molecule has 0 amide bonds. The van der Waals surface area contributed by atoms with Crippen molar-refractivity contribution in [2.75, 3.05) is 52.7 Å². The van der Waals surface area contributed by atoms with Crippen molar-refractivity contribution < 1.29 is 14.2 Å². The summed E-state index contributed by atoms with van der Waals surface area (Å²) in [5, 5.41) is 6.62. The van der Waals surface area contributed by atoms with Crippen molar-refractivity contribution in [1.29, 1.82) is 0 Å². The van der Waals surface area contributed by atoms with Gasteiger partial charge in [0.2, 0.25) is 0 Å². The number of hydrogen-bond donors (Lipinski definition) is 2. The van der Waals surface area contributed by atoms with Crippen LogP contribution in [0.5, 0.6) is 0 Å². The van der Waals surface area contributed by atoms with Crippen molar-refractivity contribution in [2.45, 2.75) is 52.1 Å². The topological polar surface area (TPSA) is 64.1 Å². The second-order valence-electron chi connectivity index (χ2n) is 5.65. The van der Waals surface area contributed by atoms with E-state index in [2.05, 4.69) is 22.5 Å². The molecule has 0 spiro atoms. The monoisotopic (exact) mass is 329 g/mol. The van der Waals surface area contributed by atoms with Crippen molar-refractivity contribution in [3.8, 4) is 0 Å². The van der Waals surface area contributed by atoms with Crippen molar-refractivity contribution >= 4 is 5.96 Å². The van der Waals surface area contributed by atoms with E-state index in [1.807, 2.05) is 6.92 Å². The highest BCUT2D eigenvalue weighted by Crippen LogP contribution is 2.11.